The van der Waals surface area contributed by atoms with Gasteiger partial charge in [-0.05, 0) is 19.3 Å². The minimum atomic E-state index is -4.23. The predicted molar refractivity (Wildman–Crippen MR) is 53.3 cm³/mol. The fourth-order valence-electron chi connectivity index (χ4n) is 2.29. The Morgan fingerprint density at radius 1 is 1.53 bits per heavy atom. The molecule has 4 nitrogen and oxygen atoms in total. The van der Waals surface area contributed by atoms with Crippen molar-refractivity contribution in [3.63, 3.8) is 0 Å². The summed E-state index contributed by atoms with van der Waals surface area (Å²) < 4.78 is 39.2. The van der Waals surface area contributed by atoms with Crippen molar-refractivity contribution < 1.29 is 18.0 Å². The molecule has 0 bridgehead atoms. The molecule has 0 fully saturated rings. The molecule has 0 saturated carbocycles. The quantitative estimate of drug-likeness (QED) is 0.810. The summed E-state index contributed by atoms with van der Waals surface area (Å²) in [4.78, 5) is 11.2. The first-order valence-corrected chi connectivity index (χ1v) is 5.22. The smallest absolute Gasteiger partial charge is 0.364 e. The zero-order valence-electron chi connectivity index (χ0n) is 9.21. The molecule has 1 aromatic rings. The van der Waals surface area contributed by atoms with Crippen LogP contribution >= 0.6 is 0 Å². The van der Waals surface area contributed by atoms with Gasteiger partial charge in [0.25, 0.3) is 5.91 Å². The van der Waals surface area contributed by atoms with Crippen LogP contribution in [0.25, 0.3) is 0 Å². The number of primary amides is 1. The van der Waals surface area contributed by atoms with Gasteiger partial charge in [0, 0.05) is 12.6 Å². The molecule has 1 amide bonds. The predicted octanol–water partition coefficient (Wildman–Crippen LogP) is 1.19. The van der Waals surface area contributed by atoms with Gasteiger partial charge in [0.15, 0.2) is 0 Å². The van der Waals surface area contributed by atoms with E-state index in [1.54, 1.807) is 0 Å². The minimum absolute atomic E-state index is 0.0196. The number of halogens is 3. The van der Waals surface area contributed by atoms with Gasteiger partial charge in [0.05, 0.1) is 11.6 Å². The summed E-state index contributed by atoms with van der Waals surface area (Å²) in [7, 11) is 1.51. The Balaban J connectivity index is 2.39. The van der Waals surface area contributed by atoms with E-state index in [9.17, 15) is 18.0 Å². The highest BCUT2D eigenvalue weighted by atomic mass is 19.4. The van der Waals surface area contributed by atoms with E-state index in [1.165, 1.54) is 11.7 Å². The molecule has 0 spiro atoms. The van der Waals surface area contributed by atoms with Crippen molar-refractivity contribution >= 4 is 5.91 Å². The van der Waals surface area contributed by atoms with Crippen LogP contribution in [-0.4, -0.2) is 21.9 Å². The topological polar surface area (TPSA) is 60.9 Å². The number of hydrogen-bond donors (Lipinski definition) is 1. The van der Waals surface area contributed by atoms with Crippen LogP contribution in [0.4, 0.5) is 13.2 Å². The molecule has 1 aliphatic rings. The first-order valence-electron chi connectivity index (χ1n) is 5.22. The third-order valence-electron chi connectivity index (χ3n) is 3.10. The number of rotatable bonds is 1. The molecule has 1 aliphatic carbocycles. The summed E-state index contributed by atoms with van der Waals surface area (Å²) in [5.74, 6) is -2.14. The van der Waals surface area contributed by atoms with E-state index >= 15 is 0 Å². The van der Waals surface area contributed by atoms with Crippen molar-refractivity contribution in [2.45, 2.75) is 25.4 Å². The van der Waals surface area contributed by atoms with Gasteiger partial charge in [0.2, 0.25) is 0 Å². The van der Waals surface area contributed by atoms with Gasteiger partial charge in [-0.2, -0.15) is 18.3 Å². The van der Waals surface area contributed by atoms with Gasteiger partial charge in [-0.3, -0.25) is 9.48 Å². The first-order chi connectivity index (χ1) is 7.80. The largest absolute Gasteiger partial charge is 0.392 e. The zero-order chi connectivity index (χ0) is 12.8. The number of fused-ring (bicyclic) bond motifs is 1. The van der Waals surface area contributed by atoms with Gasteiger partial charge in [-0.1, -0.05) is 0 Å². The summed E-state index contributed by atoms with van der Waals surface area (Å²) in [6.45, 7) is 0. The summed E-state index contributed by atoms with van der Waals surface area (Å²) in [5.41, 5.74) is 6.16. The molecule has 0 radical (unpaired) electrons. The van der Waals surface area contributed by atoms with Crippen molar-refractivity contribution in [3.8, 4) is 0 Å². The van der Waals surface area contributed by atoms with Crippen molar-refractivity contribution in [2.75, 3.05) is 0 Å². The molecule has 94 valence electrons. The molecule has 0 aliphatic heterocycles. The van der Waals surface area contributed by atoms with Crippen LogP contribution in [0, 0.1) is 5.92 Å². The maximum Gasteiger partial charge on any atom is 0.392 e. The lowest BCUT2D eigenvalue weighted by atomic mass is 9.86. The third-order valence-corrected chi connectivity index (χ3v) is 3.10. The highest BCUT2D eigenvalue weighted by Gasteiger charge is 2.43. The number of aromatic nitrogens is 2. The van der Waals surface area contributed by atoms with Crippen molar-refractivity contribution in [1.29, 1.82) is 0 Å². The first kappa shape index (κ1) is 11.9. The number of hydrogen-bond acceptors (Lipinski definition) is 2. The Labute approximate surface area is 95.6 Å². The van der Waals surface area contributed by atoms with Crippen LogP contribution in [0.3, 0.4) is 0 Å². The lowest BCUT2D eigenvalue weighted by molar-refractivity contribution is -0.177. The summed E-state index contributed by atoms with van der Waals surface area (Å²) in [6.07, 6.45) is -4.18. The summed E-state index contributed by atoms with van der Waals surface area (Å²) in [5, 5.41) is 4.04. The van der Waals surface area contributed by atoms with Gasteiger partial charge in [-0.25, -0.2) is 0 Å². The van der Waals surface area contributed by atoms with E-state index in [2.05, 4.69) is 5.10 Å². The second-order valence-electron chi connectivity index (χ2n) is 4.24. The third kappa shape index (κ3) is 2.01. The molecular formula is C10H12F3N3O. The number of carbonyl (C=O) groups excluding carboxylic acids is 1. The van der Waals surface area contributed by atoms with E-state index in [0.29, 0.717) is 11.3 Å². The van der Waals surface area contributed by atoms with Gasteiger partial charge < -0.3 is 5.73 Å². The zero-order valence-corrected chi connectivity index (χ0v) is 9.21. The van der Waals surface area contributed by atoms with Crippen molar-refractivity contribution in [3.05, 3.63) is 17.0 Å². The SMILES string of the molecule is Cn1nc2c(c1C(N)=O)CC(C(F)(F)F)CC2. The lowest BCUT2D eigenvalue weighted by Crippen LogP contribution is -2.29. The second-order valence-corrected chi connectivity index (χ2v) is 4.24. The molecular weight excluding hydrogens is 235 g/mol. The minimum Gasteiger partial charge on any atom is -0.364 e. The highest BCUT2D eigenvalue weighted by Crippen LogP contribution is 2.37. The van der Waals surface area contributed by atoms with Crippen LogP contribution in [-0.2, 0) is 19.9 Å². The van der Waals surface area contributed by atoms with E-state index in [1.807, 2.05) is 0 Å². The fourth-order valence-corrected chi connectivity index (χ4v) is 2.29. The molecule has 1 unspecified atom stereocenters. The standard InChI is InChI=1S/C10H12F3N3O/c1-16-8(9(14)17)6-4-5(10(11,12)13)2-3-7(6)15-16/h5H,2-4H2,1H3,(H2,14,17). The van der Waals surface area contributed by atoms with Gasteiger partial charge in [-0.15, -0.1) is 0 Å². The molecule has 1 aromatic heterocycles. The number of nitrogens with two attached hydrogens (primary N) is 1. The van der Waals surface area contributed by atoms with E-state index in [4.69, 9.17) is 5.73 Å². The Kier molecular flexibility index (Phi) is 2.63. The number of amides is 1. The normalized spacial score (nSPS) is 20.1. The van der Waals surface area contributed by atoms with E-state index in [-0.39, 0.29) is 25.0 Å². The molecule has 7 heteroatoms. The number of nitrogens with zero attached hydrogens (tertiary/aromatic N) is 2. The van der Waals surface area contributed by atoms with Crippen molar-refractivity contribution in [2.24, 2.45) is 18.7 Å². The fraction of sp³-hybridized carbons (Fsp3) is 0.600. The van der Waals surface area contributed by atoms with Crippen molar-refractivity contribution in [1.82, 2.24) is 9.78 Å². The average Bonchev–Trinajstić information content (AvgIpc) is 2.50. The van der Waals surface area contributed by atoms with E-state index in [0.717, 1.165) is 0 Å². The van der Waals surface area contributed by atoms with Crippen LogP contribution in [0.2, 0.25) is 0 Å². The highest BCUT2D eigenvalue weighted by molar-refractivity contribution is 5.93. The maximum absolute atomic E-state index is 12.6. The van der Waals surface area contributed by atoms with Crippen LogP contribution in [0.1, 0.15) is 28.2 Å². The molecule has 1 heterocycles. The lowest BCUT2D eigenvalue weighted by Gasteiger charge is -2.24. The molecule has 0 saturated heterocycles. The maximum atomic E-state index is 12.6. The number of alkyl halides is 3. The Hall–Kier alpha value is -1.53. The van der Waals surface area contributed by atoms with Gasteiger partial charge in [0.1, 0.15) is 5.69 Å². The Morgan fingerprint density at radius 3 is 2.71 bits per heavy atom. The molecule has 2 rings (SSSR count). The number of aryl methyl sites for hydroxylation is 2. The monoisotopic (exact) mass is 247 g/mol. The molecule has 1 atom stereocenters. The summed E-state index contributed by atoms with van der Waals surface area (Å²) in [6, 6.07) is 0. The molecule has 2 N–H and O–H groups in total. The summed E-state index contributed by atoms with van der Waals surface area (Å²) >= 11 is 0. The second kappa shape index (κ2) is 3.75. The number of carbonyl (C=O) groups is 1. The molecule has 0 aromatic carbocycles. The van der Waals surface area contributed by atoms with Gasteiger partial charge >= 0.3 is 6.18 Å². The Bertz CT molecular complexity index is 464. The van der Waals surface area contributed by atoms with Crippen LogP contribution < -0.4 is 5.73 Å². The molecule has 17 heavy (non-hydrogen) atoms. The van der Waals surface area contributed by atoms with Crippen LogP contribution in [0.5, 0.6) is 0 Å². The average molecular weight is 247 g/mol. The van der Waals surface area contributed by atoms with E-state index < -0.39 is 18.0 Å². The van der Waals surface area contributed by atoms with Crippen LogP contribution in [0.15, 0.2) is 0 Å². The Morgan fingerprint density at radius 2 is 2.18 bits per heavy atom.